The van der Waals surface area contributed by atoms with E-state index >= 15 is 0 Å². The minimum absolute atomic E-state index is 0.616. The third kappa shape index (κ3) is 4.97. The van der Waals surface area contributed by atoms with E-state index in [1.807, 2.05) is 11.3 Å². The summed E-state index contributed by atoms with van der Waals surface area (Å²) in [5, 5.41) is 10.7. The maximum atomic E-state index is 5.31. The molecule has 0 atom stereocenters. The third-order valence-electron chi connectivity index (χ3n) is 10.3. The first-order chi connectivity index (χ1) is 26.2. The predicted octanol–water partition coefficient (Wildman–Crippen LogP) is 12.9. The zero-order valence-corrected chi connectivity index (χ0v) is 29.2. The molecule has 0 amide bonds. The third-order valence-corrected chi connectivity index (χ3v) is 11.5. The van der Waals surface area contributed by atoms with Gasteiger partial charge in [0.1, 0.15) is 0 Å². The Kier molecular flexibility index (Phi) is 6.69. The summed E-state index contributed by atoms with van der Waals surface area (Å²) >= 11 is 1.86. The molecule has 0 spiro atoms. The first-order valence-electron chi connectivity index (χ1n) is 17.7. The van der Waals surface area contributed by atoms with Crippen molar-refractivity contribution in [2.24, 2.45) is 0 Å². The molecular weight excluding hydrogens is 665 g/mol. The highest BCUT2D eigenvalue weighted by atomic mass is 32.1. The van der Waals surface area contributed by atoms with Gasteiger partial charge in [-0.05, 0) is 51.9 Å². The summed E-state index contributed by atoms with van der Waals surface area (Å²) in [6.07, 6.45) is 0. The molecule has 246 valence electrons. The molecule has 0 N–H and O–H groups in total. The van der Waals surface area contributed by atoms with Gasteiger partial charge in [0.2, 0.25) is 0 Å². The van der Waals surface area contributed by atoms with Crippen LogP contribution >= 0.6 is 11.3 Å². The number of fused-ring (bicyclic) bond motifs is 9. The number of nitrogens with zero attached hydrogens (tertiary/aromatic N) is 4. The summed E-state index contributed by atoms with van der Waals surface area (Å²) in [5.41, 5.74) is 5.72. The molecule has 0 saturated carbocycles. The number of pyridine rings is 1. The Morgan fingerprint density at radius 3 is 1.58 bits per heavy atom. The summed E-state index contributed by atoms with van der Waals surface area (Å²) in [4.78, 5) is 20.7. The second-order valence-corrected chi connectivity index (χ2v) is 14.5. The Morgan fingerprint density at radius 1 is 0.340 bits per heavy atom. The van der Waals surface area contributed by atoms with Crippen molar-refractivity contribution in [3.8, 4) is 45.4 Å². The van der Waals surface area contributed by atoms with E-state index in [0.29, 0.717) is 17.5 Å². The van der Waals surface area contributed by atoms with Crippen molar-refractivity contribution >= 4 is 74.7 Å². The average molecular weight is 693 g/mol. The topological polar surface area (TPSA) is 51.6 Å². The van der Waals surface area contributed by atoms with Crippen LogP contribution in [-0.4, -0.2) is 19.9 Å². The van der Waals surface area contributed by atoms with Crippen LogP contribution in [0.4, 0.5) is 0 Å². The molecule has 0 bridgehead atoms. The molecule has 0 aliphatic heterocycles. The molecule has 0 aliphatic rings. The van der Waals surface area contributed by atoms with Gasteiger partial charge in [0.25, 0.3) is 0 Å². The minimum atomic E-state index is 0.616. The highest BCUT2D eigenvalue weighted by Crippen LogP contribution is 2.43. The molecule has 3 aromatic heterocycles. The Hall–Kier alpha value is -6.82. The van der Waals surface area contributed by atoms with Crippen LogP contribution in [0.25, 0.3) is 109 Å². The minimum Gasteiger partial charge on any atom is -0.247 e. The monoisotopic (exact) mass is 692 g/mol. The van der Waals surface area contributed by atoms with Gasteiger partial charge < -0.3 is 0 Å². The van der Waals surface area contributed by atoms with Crippen molar-refractivity contribution in [1.29, 1.82) is 0 Å². The number of rotatable bonds is 4. The van der Waals surface area contributed by atoms with Crippen LogP contribution in [0.3, 0.4) is 0 Å². The van der Waals surface area contributed by atoms with Crippen LogP contribution in [0.5, 0.6) is 0 Å². The lowest BCUT2D eigenvalue weighted by Gasteiger charge is -2.13. The van der Waals surface area contributed by atoms with Gasteiger partial charge in [-0.3, -0.25) is 0 Å². The number of hydrogen-bond donors (Lipinski definition) is 0. The number of benzene rings is 8. The van der Waals surface area contributed by atoms with Crippen LogP contribution in [0.2, 0.25) is 0 Å². The Bertz CT molecular complexity index is 3160. The van der Waals surface area contributed by atoms with Gasteiger partial charge in [-0.25, -0.2) is 19.9 Å². The second-order valence-electron chi connectivity index (χ2n) is 13.5. The second kappa shape index (κ2) is 11.9. The van der Waals surface area contributed by atoms with Gasteiger partial charge in [0, 0.05) is 58.6 Å². The van der Waals surface area contributed by atoms with E-state index in [9.17, 15) is 0 Å². The van der Waals surface area contributed by atoms with Gasteiger partial charge in [-0.1, -0.05) is 140 Å². The van der Waals surface area contributed by atoms with Crippen molar-refractivity contribution in [1.82, 2.24) is 19.9 Å². The van der Waals surface area contributed by atoms with Crippen molar-refractivity contribution in [3.63, 3.8) is 0 Å². The Labute approximate surface area is 308 Å². The molecule has 5 heteroatoms. The molecule has 53 heavy (non-hydrogen) atoms. The smallest absolute Gasteiger partial charge is 0.164 e. The molecule has 0 unspecified atom stereocenters. The Morgan fingerprint density at radius 2 is 0.887 bits per heavy atom. The van der Waals surface area contributed by atoms with E-state index in [-0.39, 0.29) is 0 Å². The van der Waals surface area contributed by atoms with E-state index < -0.39 is 0 Å². The molecule has 8 aromatic carbocycles. The highest BCUT2D eigenvalue weighted by Gasteiger charge is 2.18. The summed E-state index contributed by atoms with van der Waals surface area (Å²) in [5.74, 6) is 1.89. The van der Waals surface area contributed by atoms with Gasteiger partial charge in [0.05, 0.1) is 11.2 Å². The zero-order valence-electron chi connectivity index (χ0n) is 28.4. The molecule has 0 fully saturated rings. The number of para-hydroxylation sites is 1. The van der Waals surface area contributed by atoms with Crippen LogP contribution in [0.1, 0.15) is 0 Å². The maximum absolute atomic E-state index is 5.31. The van der Waals surface area contributed by atoms with E-state index in [2.05, 4.69) is 170 Å². The lowest BCUT2D eigenvalue weighted by atomic mass is 9.97. The normalized spacial score (nSPS) is 11.8. The lowest BCUT2D eigenvalue weighted by Crippen LogP contribution is -2.00. The van der Waals surface area contributed by atoms with E-state index in [1.165, 1.54) is 36.3 Å². The standard InChI is InChI=1S/C48H28N4S/c1-3-12-31-26-35(22-20-29(31)10-1)47-50-46(51-48(52-47)36-23-21-30-11-2-4-13-32(30)27-36)34-15-9-14-33(28-34)44-40-25-24-38-37-16-6-8-19-42(37)53-45(38)43(40)39-17-5-7-18-41(39)49-44/h1-28H. The molecule has 4 nitrogen and oxygen atoms in total. The van der Waals surface area contributed by atoms with E-state index in [4.69, 9.17) is 19.9 Å². The summed E-state index contributed by atoms with van der Waals surface area (Å²) in [6, 6.07) is 59.7. The van der Waals surface area contributed by atoms with Crippen molar-refractivity contribution in [2.45, 2.75) is 0 Å². The fourth-order valence-corrected chi connectivity index (χ4v) is 8.93. The molecular formula is C48H28N4S. The summed E-state index contributed by atoms with van der Waals surface area (Å²) in [7, 11) is 0. The fourth-order valence-electron chi connectivity index (χ4n) is 7.66. The largest absolute Gasteiger partial charge is 0.247 e. The van der Waals surface area contributed by atoms with Gasteiger partial charge >= 0.3 is 0 Å². The molecule has 3 heterocycles. The van der Waals surface area contributed by atoms with Crippen LogP contribution in [0.15, 0.2) is 170 Å². The lowest BCUT2D eigenvalue weighted by molar-refractivity contribution is 1.08. The molecule has 0 saturated heterocycles. The van der Waals surface area contributed by atoms with Crippen molar-refractivity contribution in [2.75, 3.05) is 0 Å². The van der Waals surface area contributed by atoms with Crippen LogP contribution in [0, 0.1) is 0 Å². The molecule has 0 radical (unpaired) electrons. The summed E-state index contributed by atoms with van der Waals surface area (Å²) in [6.45, 7) is 0. The fraction of sp³-hybridized carbons (Fsp3) is 0. The number of aromatic nitrogens is 4. The molecule has 11 rings (SSSR count). The SMILES string of the molecule is c1cc(-c2nc(-c3ccc4ccccc4c3)nc(-c3ccc4ccccc4c3)n2)cc(-c2nc3ccccc3c3c2ccc2c4ccccc4sc23)c1. The van der Waals surface area contributed by atoms with Crippen molar-refractivity contribution in [3.05, 3.63) is 170 Å². The number of thiophene rings is 1. The first-order valence-corrected chi connectivity index (χ1v) is 18.5. The number of hydrogen-bond acceptors (Lipinski definition) is 5. The van der Waals surface area contributed by atoms with Crippen LogP contribution < -0.4 is 0 Å². The van der Waals surface area contributed by atoms with Gasteiger partial charge in [-0.2, -0.15) is 0 Å². The Balaban J connectivity index is 1.12. The first kappa shape index (κ1) is 29.9. The van der Waals surface area contributed by atoms with Crippen molar-refractivity contribution < 1.29 is 0 Å². The van der Waals surface area contributed by atoms with E-state index in [0.717, 1.165) is 55.0 Å². The zero-order chi connectivity index (χ0) is 34.9. The van der Waals surface area contributed by atoms with Crippen LogP contribution in [-0.2, 0) is 0 Å². The van der Waals surface area contributed by atoms with E-state index in [1.54, 1.807) is 0 Å². The summed E-state index contributed by atoms with van der Waals surface area (Å²) < 4.78 is 2.58. The average Bonchev–Trinajstić information content (AvgIpc) is 3.62. The molecule has 11 aromatic rings. The highest BCUT2D eigenvalue weighted by molar-refractivity contribution is 7.26. The maximum Gasteiger partial charge on any atom is 0.164 e. The molecule has 0 aliphatic carbocycles. The quantitative estimate of drug-likeness (QED) is 0.172. The van der Waals surface area contributed by atoms with Gasteiger partial charge in [-0.15, -0.1) is 11.3 Å². The predicted molar refractivity (Wildman–Crippen MR) is 222 cm³/mol. The van der Waals surface area contributed by atoms with Gasteiger partial charge in [0.15, 0.2) is 17.5 Å².